The molecule has 0 bridgehead atoms. The molecule has 17 heavy (non-hydrogen) atoms. The molecule has 1 heterocycles. The van der Waals surface area contributed by atoms with Crippen LogP contribution in [0.2, 0.25) is 5.02 Å². The van der Waals surface area contributed by atoms with Crippen molar-refractivity contribution < 1.29 is 0 Å². The number of hydrogen-bond donors (Lipinski definition) is 1. The van der Waals surface area contributed by atoms with Crippen molar-refractivity contribution in [1.82, 2.24) is 0 Å². The fraction of sp³-hybridized carbons (Fsp3) is 0.231. The molecular formula is C13H13BrClNS. The lowest BCUT2D eigenvalue weighted by Gasteiger charge is -2.15. The molecule has 0 fully saturated rings. The minimum absolute atomic E-state index is 0.297. The van der Waals surface area contributed by atoms with E-state index in [-0.39, 0.29) is 0 Å². The molecule has 1 aromatic carbocycles. The Morgan fingerprint density at radius 2 is 2.12 bits per heavy atom. The molecule has 0 radical (unpaired) electrons. The maximum absolute atomic E-state index is 5.94. The van der Waals surface area contributed by atoms with Crippen LogP contribution in [0.1, 0.15) is 23.4 Å². The van der Waals surface area contributed by atoms with Gasteiger partial charge in [0.1, 0.15) is 0 Å². The van der Waals surface area contributed by atoms with E-state index in [1.54, 1.807) is 11.3 Å². The van der Waals surface area contributed by atoms with Crippen molar-refractivity contribution >= 4 is 44.6 Å². The fourth-order valence-electron chi connectivity index (χ4n) is 1.65. The third kappa shape index (κ3) is 3.24. The molecule has 0 aliphatic carbocycles. The zero-order valence-electron chi connectivity index (χ0n) is 9.63. The van der Waals surface area contributed by atoms with E-state index in [0.717, 1.165) is 15.2 Å². The highest BCUT2D eigenvalue weighted by Crippen LogP contribution is 2.29. The van der Waals surface area contributed by atoms with Gasteiger partial charge in [0.2, 0.25) is 0 Å². The van der Waals surface area contributed by atoms with E-state index in [0.29, 0.717) is 6.04 Å². The summed E-state index contributed by atoms with van der Waals surface area (Å²) in [4.78, 5) is 1.31. The lowest BCUT2D eigenvalue weighted by molar-refractivity contribution is 0.905. The Balaban J connectivity index is 2.15. The Labute approximate surface area is 119 Å². The van der Waals surface area contributed by atoms with Crippen molar-refractivity contribution in [3.63, 3.8) is 0 Å². The van der Waals surface area contributed by atoms with Crippen LogP contribution in [-0.2, 0) is 0 Å². The van der Waals surface area contributed by atoms with Gasteiger partial charge in [0.05, 0.1) is 6.04 Å². The van der Waals surface area contributed by atoms with Crippen LogP contribution in [0.25, 0.3) is 0 Å². The summed E-state index contributed by atoms with van der Waals surface area (Å²) in [5.74, 6) is 0. The van der Waals surface area contributed by atoms with Crippen LogP contribution >= 0.6 is 38.9 Å². The lowest BCUT2D eigenvalue weighted by atomic mass is 10.1. The number of anilines is 1. The summed E-state index contributed by atoms with van der Waals surface area (Å²) in [6.45, 7) is 4.22. The summed E-state index contributed by atoms with van der Waals surface area (Å²) >= 11 is 11.2. The summed E-state index contributed by atoms with van der Waals surface area (Å²) in [6.07, 6.45) is 0. The average molecular weight is 331 g/mol. The molecule has 1 nitrogen and oxygen atoms in total. The Morgan fingerprint density at radius 1 is 1.35 bits per heavy atom. The number of hydrogen-bond acceptors (Lipinski definition) is 2. The predicted molar refractivity (Wildman–Crippen MR) is 80.2 cm³/mol. The molecule has 2 aromatic rings. The van der Waals surface area contributed by atoms with Gasteiger partial charge in [-0.3, -0.25) is 0 Å². The maximum Gasteiger partial charge on any atom is 0.0578 e. The second kappa shape index (κ2) is 5.42. The van der Waals surface area contributed by atoms with Crippen LogP contribution in [0.15, 0.2) is 34.1 Å². The van der Waals surface area contributed by atoms with Crippen molar-refractivity contribution in [3.8, 4) is 0 Å². The van der Waals surface area contributed by atoms with E-state index < -0.39 is 0 Å². The Kier molecular flexibility index (Phi) is 4.13. The number of thiophene rings is 1. The van der Waals surface area contributed by atoms with E-state index in [2.05, 4.69) is 46.5 Å². The van der Waals surface area contributed by atoms with Crippen molar-refractivity contribution in [2.75, 3.05) is 5.32 Å². The maximum atomic E-state index is 5.94. The topological polar surface area (TPSA) is 12.0 Å². The van der Waals surface area contributed by atoms with E-state index in [4.69, 9.17) is 11.6 Å². The zero-order chi connectivity index (χ0) is 12.4. The monoisotopic (exact) mass is 329 g/mol. The molecule has 0 amide bonds. The third-order valence-corrected chi connectivity index (χ3v) is 4.69. The molecule has 1 unspecified atom stereocenters. The molecule has 1 aromatic heterocycles. The second-order valence-corrected chi connectivity index (χ2v) is 6.29. The van der Waals surface area contributed by atoms with Crippen LogP contribution < -0.4 is 5.32 Å². The molecule has 0 spiro atoms. The first-order valence-corrected chi connectivity index (χ1v) is 7.38. The standard InChI is InChI=1S/C13H13BrClNS/c1-8-5-11(15)3-4-12(8)16-9(2)13-6-10(14)7-17-13/h3-7,9,16H,1-2H3. The van der Waals surface area contributed by atoms with Crippen LogP contribution in [0.5, 0.6) is 0 Å². The SMILES string of the molecule is Cc1cc(Cl)ccc1NC(C)c1cc(Br)cs1. The number of aryl methyl sites for hydroxylation is 1. The number of nitrogens with one attached hydrogen (secondary N) is 1. The minimum Gasteiger partial charge on any atom is -0.377 e. The molecule has 0 aliphatic heterocycles. The van der Waals surface area contributed by atoms with Gasteiger partial charge >= 0.3 is 0 Å². The first kappa shape index (κ1) is 12.9. The first-order valence-electron chi connectivity index (χ1n) is 5.33. The summed E-state index contributed by atoms with van der Waals surface area (Å²) in [7, 11) is 0. The van der Waals surface area contributed by atoms with Crippen LogP contribution in [0.4, 0.5) is 5.69 Å². The predicted octanol–water partition coefficient (Wildman–Crippen LogP) is 5.65. The van der Waals surface area contributed by atoms with Crippen molar-refractivity contribution in [3.05, 3.63) is 49.6 Å². The highest BCUT2D eigenvalue weighted by Gasteiger charge is 2.09. The summed E-state index contributed by atoms with van der Waals surface area (Å²) < 4.78 is 1.14. The largest absolute Gasteiger partial charge is 0.377 e. The quantitative estimate of drug-likeness (QED) is 0.767. The van der Waals surface area contributed by atoms with Crippen LogP contribution in [0, 0.1) is 6.92 Å². The zero-order valence-corrected chi connectivity index (χ0v) is 12.8. The summed E-state index contributed by atoms with van der Waals surface area (Å²) in [5.41, 5.74) is 2.30. The van der Waals surface area contributed by atoms with Gasteiger partial charge in [-0.25, -0.2) is 0 Å². The number of halogens is 2. The van der Waals surface area contributed by atoms with Gasteiger partial charge in [0, 0.05) is 25.4 Å². The summed E-state index contributed by atoms with van der Waals surface area (Å²) in [6, 6.07) is 8.35. The van der Waals surface area contributed by atoms with Gasteiger partial charge in [-0.2, -0.15) is 0 Å². The Hall–Kier alpha value is -0.510. The van der Waals surface area contributed by atoms with E-state index >= 15 is 0 Å². The van der Waals surface area contributed by atoms with Crippen LogP contribution in [0.3, 0.4) is 0 Å². The molecule has 0 saturated carbocycles. The molecule has 90 valence electrons. The smallest absolute Gasteiger partial charge is 0.0578 e. The van der Waals surface area contributed by atoms with Crippen molar-refractivity contribution in [2.45, 2.75) is 19.9 Å². The normalized spacial score (nSPS) is 12.5. The number of rotatable bonds is 3. The van der Waals surface area contributed by atoms with Gasteiger partial charge in [-0.1, -0.05) is 11.6 Å². The van der Waals surface area contributed by atoms with Gasteiger partial charge in [-0.05, 0) is 59.6 Å². The van der Waals surface area contributed by atoms with Gasteiger partial charge in [0.25, 0.3) is 0 Å². The second-order valence-electron chi connectivity index (χ2n) is 3.99. The molecule has 1 N–H and O–H groups in total. The molecule has 0 saturated heterocycles. The Morgan fingerprint density at radius 3 is 2.71 bits per heavy atom. The Bertz CT molecular complexity index is 524. The number of benzene rings is 1. The minimum atomic E-state index is 0.297. The molecule has 2 rings (SSSR count). The van der Waals surface area contributed by atoms with Crippen molar-refractivity contribution in [1.29, 1.82) is 0 Å². The van der Waals surface area contributed by atoms with Gasteiger partial charge in [0.15, 0.2) is 0 Å². The lowest BCUT2D eigenvalue weighted by Crippen LogP contribution is -2.05. The molecule has 0 aliphatic rings. The van der Waals surface area contributed by atoms with Gasteiger partial charge < -0.3 is 5.32 Å². The molecule has 4 heteroatoms. The first-order chi connectivity index (χ1) is 8.06. The average Bonchev–Trinajstić information content (AvgIpc) is 2.69. The van der Waals surface area contributed by atoms with E-state index in [9.17, 15) is 0 Å². The third-order valence-electron chi connectivity index (χ3n) is 2.57. The highest BCUT2D eigenvalue weighted by atomic mass is 79.9. The van der Waals surface area contributed by atoms with E-state index in [1.807, 2.05) is 18.2 Å². The fourth-order valence-corrected chi connectivity index (χ4v) is 3.33. The van der Waals surface area contributed by atoms with Gasteiger partial charge in [-0.15, -0.1) is 11.3 Å². The molecular weight excluding hydrogens is 318 g/mol. The van der Waals surface area contributed by atoms with E-state index in [1.165, 1.54) is 10.4 Å². The van der Waals surface area contributed by atoms with Crippen molar-refractivity contribution in [2.24, 2.45) is 0 Å². The van der Waals surface area contributed by atoms with Crippen LogP contribution in [-0.4, -0.2) is 0 Å². The summed E-state index contributed by atoms with van der Waals surface area (Å²) in [5, 5.41) is 6.37. The molecule has 1 atom stereocenters. The highest BCUT2D eigenvalue weighted by molar-refractivity contribution is 9.10.